The second kappa shape index (κ2) is 12.4. The highest BCUT2D eigenvalue weighted by Gasteiger charge is 2.33. The molecule has 3 heterocycles. The van der Waals surface area contributed by atoms with Crippen LogP contribution in [0.5, 0.6) is 11.5 Å². The molecule has 1 saturated heterocycles. The van der Waals surface area contributed by atoms with Crippen LogP contribution in [0.4, 0.5) is 5.69 Å². The smallest absolute Gasteiger partial charge is 0.371 e. The molecule has 2 aromatic heterocycles. The summed E-state index contributed by atoms with van der Waals surface area (Å²) in [5.74, 6) is -0.132. The maximum absolute atomic E-state index is 13.5. The number of carbonyl (C=O) groups excluding carboxylic acids is 1. The van der Waals surface area contributed by atoms with E-state index < -0.39 is 5.97 Å². The summed E-state index contributed by atoms with van der Waals surface area (Å²) >= 11 is 1.31. The van der Waals surface area contributed by atoms with Gasteiger partial charge < -0.3 is 19.0 Å². The van der Waals surface area contributed by atoms with Crippen molar-refractivity contribution in [3.63, 3.8) is 0 Å². The summed E-state index contributed by atoms with van der Waals surface area (Å²) in [4.78, 5) is 35.7. The molecule has 2 aromatic carbocycles. The average Bonchev–Trinajstić information content (AvgIpc) is 3.55. The molecule has 1 N–H and O–H groups in total. The summed E-state index contributed by atoms with van der Waals surface area (Å²) in [6.45, 7) is 2.64. The third-order valence-electron chi connectivity index (χ3n) is 5.74. The van der Waals surface area contributed by atoms with Crippen LogP contribution in [0.2, 0.25) is 0 Å². The van der Waals surface area contributed by atoms with Crippen LogP contribution in [-0.2, 0) is 17.9 Å². The molecule has 1 fully saturated rings. The Morgan fingerprint density at radius 1 is 1.07 bits per heavy atom. The summed E-state index contributed by atoms with van der Waals surface area (Å²) in [5.41, 5.74) is 2.40. The van der Waals surface area contributed by atoms with E-state index in [9.17, 15) is 9.59 Å². The van der Waals surface area contributed by atoms with Crippen molar-refractivity contribution in [2.75, 3.05) is 6.61 Å². The minimum atomic E-state index is -1.14. The number of amidine groups is 1. The van der Waals surface area contributed by atoms with Crippen molar-refractivity contribution in [1.29, 1.82) is 0 Å². The highest BCUT2D eigenvalue weighted by Crippen LogP contribution is 2.37. The van der Waals surface area contributed by atoms with Crippen molar-refractivity contribution in [3.05, 3.63) is 113 Å². The van der Waals surface area contributed by atoms with Gasteiger partial charge >= 0.3 is 5.97 Å². The molecule has 40 heavy (non-hydrogen) atoms. The second-order valence-electron chi connectivity index (χ2n) is 8.59. The summed E-state index contributed by atoms with van der Waals surface area (Å²) in [6.07, 6.45) is 5.23. The molecule has 4 aromatic rings. The van der Waals surface area contributed by atoms with Crippen LogP contribution in [0.1, 0.15) is 34.4 Å². The number of furan rings is 1. The molecule has 10 heteroatoms. The number of amides is 1. The predicted molar refractivity (Wildman–Crippen MR) is 152 cm³/mol. The van der Waals surface area contributed by atoms with E-state index in [-0.39, 0.29) is 18.3 Å². The number of carboxylic acids is 1. The maximum atomic E-state index is 13.5. The minimum absolute atomic E-state index is 0.0325. The highest BCUT2D eigenvalue weighted by molar-refractivity contribution is 8.18. The lowest BCUT2D eigenvalue weighted by atomic mass is 10.1. The number of nitrogens with zero attached hydrogens (tertiary/aromatic N) is 3. The third kappa shape index (κ3) is 6.41. The van der Waals surface area contributed by atoms with E-state index in [1.807, 2.05) is 55.5 Å². The number of ether oxygens (including phenoxy) is 2. The minimum Gasteiger partial charge on any atom is -0.490 e. The molecule has 0 atom stereocenters. The summed E-state index contributed by atoms with van der Waals surface area (Å²) in [5, 5.41) is 9.62. The largest absolute Gasteiger partial charge is 0.490 e. The number of rotatable bonds is 10. The predicted octanol–water partition coefficient (Wildman–Crippen LogP) is 6.15. The van der Waals surface area contributed by atoms with Crippen LogP contribution < -0.4 is 9.47 Å². The fourth-order valence-electron chi connectivity index (χ4n) is 3.89. The molecular weight excluding hydrogens is 530 g/mol. The number of hydrogen-bond donors (Lipinski definition) is 1. The Hall–Kier alpha value is -4.83. The van der Waals surface area contributed by atoms with Gasteiger partial charge in [-0.15, -0.1) is 0 Å². The Morgan fingerprint density at radius 3 is 2.65 bits per heavy atom. The van der Waals surface area contributed by atoms with Crippen LogP contribution in [0.15, 0.2) is 99.5 Å². The number of thioether (sulfide) groups is 1. The zero-order chi connectivity index (χ0) is 27.9. The van der Waals surface area contributed by atoms with Gasteiger partial charge in [-0.25, -0.2) is 9.79 Å². The molecule has 202 valence electrons. The molecule has 0 saturated carbocycles. The van der Waals surface area contributed by atoms with E-state index in [0.717, 1.165) is 16.8 Å². The topological polar surface area (TPSA) is 114 Å². The third-order valence-corrected chi connectivity index (χ3v) is 6.75. The number of hydrogen-bond acceptors (Lipinski definition) is 8. The average molecular weight is 556 g/mol. The lowest BCUT2D eigenvalue weighted by Gasteiger charge is -2.15. The molecule has 0 spiro atoms. The van der Waals surface area contributed by atoms with Gasteiger partial charge in [0.2, 0.25) is 5.76 Å². The van der Waals surface area contributed by atoms with Crippen molar-refractivity contribution in [2.45, 2.75) is 20.1 Å². The summed E-state index contributed by atoms with van der Waals surface area (Å²) < 4.78 is 16.9. The van der Waals surface area contributed by atoms with E-state index in [2.05, 4.69) is 4.98 Å². The molecule has 5 rings (SSSR count). The lowest BCUT2D eigenvalue weighted by Crippen LogP contribution is -2.28. The molecule has 0 bridgehead atoms. The zero-order valence-electron chi connectivity index (χ0n) is 21.5. The van der Waals surface area contributed by atoms with E-state index in [4.69, 9.17) is 24.0 Å². The Labute approximate surface area is 234 Å². The normalized spacial score (nSPS) is 15.1. The lowest BCUT2D eigenvalue weighted by molar-refractivity contribution is -0.122. The molecule has 0 aliphatic carbocycles. The second-order valence-corrected chi connectivity index (χ2v) is 9.60. The fourth-order valence-corrected chi connectivity index (χ4v) is 4.89. The van der Waals surface area contributed by atoms with Crippen LogP contribution in [0.3, 0.4) is 0 Å². The van der Waals surface area contributed by atoms with E-state index in [1.54, 1.807) is 41.6 Å². The van der Waals surface area contributed by atoms with Gasteiger partial charge in [0.15, 0.2) is 16.7 Å². The van der Waals surface area contributed by atoms with Crippen LogP contribution in [-0.4, -0.2) is 38.6 Å². The first-order valence-electron chi connectivity index (χ1n) is 12.5. The number of para-hydroxylation sites is 1. The van der Waals surface area contributed by atoms with Crippen molar-refractivity contribution in [3.8, 4) is 11.5 Å². The number of pyridine rings is 1. The van der Waals surface area contributed by atoms with Crippen LogP contribution in [0.25, 0.3) is 6.08 Å². The van der Waals surface area contributed by atoms with Gasteiger partial charge in [-0.1, -0.05) is 30.3 Å². The number of benzene rings is 2. The number of aromatic nitrogens is 1. The van der Waals surface area contributed by atoms with Crippen molar-refractivity contribution >= 4 is 40.6 Å². The van der Waals surface area contributed by atoms with Gasteiger partial charge in [0, 0.05) is 12.4 Å². The summed E-state index contributed by atoms with van der Waals surface area (Å²) in [7, 11) is 0. The van der Waals surface area contributed by atoms with Crippen molar-refractivity contribution in [2.24, 2.45) is 4.99 Å². The molecule has 0 radical (unpaired) electrons. The maximum Gasteiger partial charge on any atom is 0.371 e. The Balaban J connectivity index is 1.40. The van der Waals surface area contributed by atoms with Gasteiger partial charge in [-0.3, -0.25) is 14.7 Å². The molecule has 1 aliphatic heterocycles. The first-order chi connectivity index (χ1) is 19.5. The van der Waals surface area contributed by atoms with Crippen LogP contribution in [0, 0.1) is 0 Å². The Bertz CT molecular complexity index is 1570. The fraction of sp³-hybridized carbons (Fsp3) is 0.133. The number of aliphatic imine (C=N–C) groups is 1. The van der Waals surface area contributed by atoms with Crippen LogP contribution >= 0.6 is 11.8 Å². The van der Waals surface area contributed by atoms with Gasteiger partial charge in [0.25, 0.3) is 5.91 Å². The molecule has 0 unspecified atom stereocenters. The quantitative estimate of drug-likeness (QED) is 0.232. The van der Waals surface area contributed by atoms with Gasteiger partial charge in [0.1, 0.15) is 12.4 Å². The first kappa shape index (κ1) is 26.8. The standard InChI is InChI=1S/C30H25N3O6S/c1-2-37-26-15-20(10-12-24(26)38-19-23-11-13-25(39-23)29(35)36)16-27-28(34)33(18-21-7-6-14-31-17-21)30(40-27)32-22-8-4-3-5-9-22/h3-17H,2,18-19H2,1H3,(H,35,36). The first-order valence-corrected chi connectivity index (χ1v) is 13.3. The van der Waals surface area contributed by atoms with Gasteiger partial charge in [-0.05, 0) is 78.4 Å². The van der Waals surface area contributed by atoms with Crippen molar-refractivity contribution in [1.82, 2.24) is 9.88 Å². The molecule has 1 amide bonds. The summed E-state index contributed by atoms with van der Waals surface area (Å²) in [6, 6.07) is 21.5. The molecule has 9 nitrogen and oxygen atoms in total. The number of carbonyl (C=O) groups is 2. The Kier molecular flexibility index (Phi) is 8.26. The van der Waals surface area contributed by atoms with Gasteiger partial charge in [0.05, 0.1) is 23.7 Å². The van der Waals surface area contributed by atoms with E-state index in [1.165, 1.54) is 17.8 Å². The molecular formula is C30H25N3O6S. The highest BCUT2D eigenvalue weighted by atomic mass is 32.2. The van der Waals surface area contributed by atoms with Crippen molar-refractivity contribution < 1.29 is 28.6 Å². The SMILES string of the molecule is CCOc1cc(C=C2SC(=Nc3ccccc3)N(Cc3cccnc3)C2=O)ccc1OCc1ccc(C(=O)O)o1. The van der Waals surface area contributed by atoms with E-state index in [0.29, 0.717) is 40.5 Å². The van der Waals surface area contributed by atoms with Gasteiger partial charge in [-0.2, -0.15) is 0 Å². The number of aromatic carboxylic acids is 1. The Morgan fingerprint density at radius 2 is 1.93 bits per heavy atom. The molecule has 1 aliphatic rings. The zero-order valence-corrected chi connectivity index (χ0v) is 22.3. The monoisotopic (exact) mass is 555 g/mol. The van der Waals surface area contributed by atoms with E-state index >= 15 is 0 Å². The number of carboxylic acid groups (broad SMARTS) is 1.